The molecule has 4 heteroatoms. The third-order valence-electron chi connectivity index (χ3n) is 3.76. The zero-order chi connectivity index (χ0) is 13.9. The summed E-state index contributed by atoms with van der Waals surface area (Å²) in [6, 6.07) is 7.49. The van der Waals surface area contributed by atoms with Gasteiger partial charge in [-0.3, -0.25) is 0 Å². The van der Waals surface area contributed by atoms with Crippen LogP contribution in [0.1, 0.15) is 31.2 Å². The zero-order valence-corrected chi connectivity index (χ0v) is 11.5. The first-order chi connectivity index (χ1) is 9.76. The number of nitrogens with zero attached hydrogens (tertiary/aromatic N) is 1. The van der Waals surface area contributed by atoms with Gasteiger partial charge in [-0.1, -0.05) is 25.0 Å². The number of rotatable bonds is 3. The minimum Gasteiger partial charge on any atom is -0.497 e. The molecule has 3 rings (SSSR count). The van der Waals surface area contributed by atoms with E-state index in [4.69, 9.17) is 9.47 Å². The molecule has 0 bridgehead atoms. The summed E-state index contributed by atoms with van der Waals surface area (Å²) < 4.78 is 10.4. The van der Waals surface area contributed by atoms with Gasteiger partial charge in [0.1, 0.15) is 5.75 Å². The van der Waals surface area contributed by atoms with Crippen LogP contribution in [0.25, 0.3) is 6.08 Å². The van der Waals surface area contributed by atoms with Gasteiger partial charge in [-0.2, -0.15) is 0 Å². The number of benzene rings is 1. The van der Waals surface area contributed by atoms with Gasteiger partial charge in [0.05, 0.1) is 7.11 Å². The largest absolute Gasteiger partial charge is 0.497 e. The van der Waals surface area contributed by atoms with Gasteiger partial charge in [0, 0.05) is 5.92 Å². The summed E-state index contributed by atoms with van der Waals surface area (Å²) in [4.78, 5) is 16.2. The van der Waals surface area contributed by atoms with Gasteiger partial charge in [-0.15, -0.1) is 0 Å². The van der Waals surface area contributed by atoms with Crippen molar-refractivity contribution in [3.05, 3.63) is 35.5 Å². The minimum atomic E-state index is -0.345. The van der Waals surface area contributed by atoms with E-state index in [1.54, 1.807) is 13.2 Å². The number of cyclic esters (lactones) is 1. The lowest BCUT2D eigenvalue weighted by molar-refractivity contribution is -0.130. The minimum absolute atomic E-state index is 0.320. The molecule has 0 spiro atoms. The zero-order valence-electron chi connectivity index (χ0n) is 11.5. The highest BCUT2D eigenvalue weighted by Gasteiger charge is 2.30. The molecule has 1 aromatic carbocycles. The van der Waals surface area contributed by atoms with Crippen LogP contribution < -0.4 is 4.74 Å². The number of hydrogen-bond acceptors (Lipinski definition) is 4. The molecule has 0 aromatic heterocycles. The molecule has 0 unspecified atom stereocenters. The fraction of sp³-hybridized carbons (Fsp3) is 0.375. The molecule has 4 nitrogen and oxygen atoms in total. The second-order valence-electron chi connectivity index (χ2n) is 5.12. The van der Waals surface area contributed by atoms with Gasteiger partial charge in [-0.25, -0.2) is 9.79 Å². The van der Waals surface area contributed by atoms with Crippen molar-refractivity contribution < 1.29 is 14.3 Å². The number of carbonyl (C=O) groups is 1. The third-order valence-corrected chi connectivity index (χ3v) is 3.76. The Kier molecular flexibility index (Phi) is 3.54. The molecule has 1 heterocycles. The molecule has 1 saturated carbocycles. The molecule has 0 amide bonds. The maximum absolute atomic E-state index is 11.8. The smallest absolute Gasteiger partial charge is 0.363 e. The van der Waals surface area contributed by atoms with Crippen LogP contribution in [0.3, 0.4) is 0 Å². The van der Waals surface area contributed by atoms with E-state index in [0.29, 0.717) is 17.5 Å². The van der Waals surface area contributed by atoms with Crippen molar-refractivity contribution in [1.82, 2.24) is 0 Å². The lowest BCUT2D eigenvalue weighted by atomic mass is 10.1. The van der Waals surface area contributed by atoms with E-state index in [9.17, 15) is 4.79 Å². The van der Waals surface area contributed by atoms with Crippen LogP contribution in [0.5, 0.6) is 5.75 Å². The van der Waals surface area contributed by atoms with Crippen LogP contribution in [0.4, 0.5) is 0 Å². The Bertz CT molecular complexity index is 566. The van der Waals surface area contributed by atoms with Gasteiger partial charge in [0.2, 0.25) is 5.90 Å². The molecule has 1 aliphatic carbocycles. The van der Waals surface area contributed by atoms with E-state index < -0.39 is 0 Å². The highest BCUT2D eigenvalue weighted by atomic mass is 16.6. The van der Waals surface area contributed by atoms with Crippen LogP contribution in [0, 0.1) is 5.92 Å². The lowest BCUT2D eigenvalue weighted by Gasteiger charge is -2.05. The SMILES string of the molecule is COc1ccc(/C=C2/N=C(C3CCCC3)OC2=O)cc1. The summed E-state index contributed by atoms with van der Waals surface area (Å²) in [5, 5.41) is 0. The number of esters is 1. The second-order valence-corrected chi connectivity index (χ2v) is 5.12. The quantitative estimate of drug-likeness (QED) is 0.626. The fourth-order valence-corrected chi connectivity index (χ4v) is 2.63. The summed E-state index contributed by atoms with van der Waals surface area (Å²) in [6.07, 6.45) is 6.28. The van der Waals surface area contributed by atoms with E-state index >= 15 is 0 Å². The monoisotopic (exact) mass is 271 g/mol. The van der Waals surface area contributed by atoms with E-state index in [1.165, 1.54) is 12.8 Å². The van der Waals surface area contributed by atoms with E-state index in [0.717, 1.165) is 24.2 Å². The molecule has 0 atom stereocenters. The number of methoxy groups -OCH3 is 1. The van der Waals surface area contributed by atoms with Crippen molar-refractivity contribution in [3.63, 3.8) is 0 Å². The highest BCUT2D eigenvalue weighted by molar-refractivity contribution is 6.07. The Morgan fingerprint density at radius 3 is 2.60 bits per heavy atom. The second kappa shape index (κ2) is 5.49. The topological polar surface area (TPSA) is 47.9 Å². The van der Waals surface area contributed by atoms with Crippen molar-refractivity contribution in [1.29, 1.82) is 0 Å². The number of carbonyl (C=O) groups excluding carboxylic acids is 1. The van der Waals surface area contributed by atoms with Crippen molar-refractivity contribution in [2.24, 2.45) is 10.9 Å². The van der Waals surface area contributed by atoms with Crippen LogP contribution in [0.15, 0.2) is 35.0 Å². The number of aliphatic imine (C=N–C) groups is 1. The summed E-state index contributed by atoms with van der Waals surface area (Å²) in [7, 11) is 1.62. The molecule has 20 heavy (non-hydrogen) atoms. The van der Waals surface area contributed by atoms with Crippen LogP contribution in [0.2, 0.25) is 0 Å². The summed E-state index contributed by atoms with van der Waals surface area (Å²) in [5.41, 5.74) is 1.30. The average Bonchev–Trinajstić information content (AvgIpc) is 3.10. The fourth-order valence-electron chi connectivity index (χ4n) is 2.63. The molecule has 1 fully saturated rings. The number of ether oxygens (including phenoxy) is 2. The van der Waals surface area contributed by atoms with Gasteiger partial charge in [-0.05, 0) is 36.6 Å². The normalized spacial score (nSPS) is 21.1. The predicted octanol–water partition coefficient (Wildman–Crippen LogP) is 3.18. The Labute approximate surface area is 118 Å². The Morgan fingerprint density at radius 1 is 1.25 bits per heavy atom. The molecule has 1 aromatic rings. The Hall–Kier alpha value is -2.10. The first kappa shape index (κ1) is 12.9. The molecule has 2 aliphatic rings. The molecule has 1 aliphatic heterocycles. The highest BCUT2D eigenvalue weighted by Crippen LogP contribution is 2.30. The predicted molar refractivity (Wildman–Crippen MR) is 76.5 cm³/mol. The molecular weight excluding hydrogens is 254 g/mol. The Morgan fingerprint density at radius 2 is 1.95 bits per heavy atom. The van der Waals surface area contributed by atoms with Crippen molar-refractivity contribution in [2.75, 3.05) is 7.11 Å². The van der Waals surface area contributed by atoms with E-state index in [1.807, 2.05) is 24.3 Å². The van der Waals surface area contributed by atoms with Gasteiger partial charge in [0.25, 0.3) is 0 Å². The summed E-state index contributed by atoms with van der Waals surface area (Å²) >= 11 is 0. The average molecular weight is 271 g/mol. The van der Waals surface area contributed by atoms with Gasteiger partial charge < -0.3 is 9.47 Å². The van der Waals surface area contributed by atoms with E-state index in [-0.39, 0.29) is 5.97 Å². The van der Waals surface area contributed by atoms with Crippen LogP contribution >= 0.6 is 0 Å². The Balaban J connectivity index is 1.80. The first-order valence-electron chi connectivity index (χ1n) is 6.93. The van der Waals surface area contributed by atoms with Crippen molar-refractivity contribution in [2.45, 2.75) is 25.7 Å². The molecule has 0 radical (unpaired) electrons. The van der Waals surface area contributed by atoms with Crippen LogP contribution in [-0.4, -0.2) is 19.0 Å². The molecule has 0 N–H and O–H groups in total. The maximum Gasteiger partial charge on any atom is 0.363 e. The first-order valence-corrected chi connectivity index (χ1v) is 6.93. The lowest BCUT2D eigenvalue weighted by Crippen LogP contribution is -2.12. The summed E-state index contributed by atoms with van der Waals surface area (Å²) in [5.74, 6) is 1.37. The van der Waals surface area contributed by atoms with Crippen LogP contribution in [-0.2, 0) is 9.53 Å². The van der Waals surface area contributed by atoms with Gasteiger partial charge >= 0.3 is 5.97 Å². The third kappa shape index (κ3) is 2.59. The molecule has 104 valence electrons. The molecular formula is C16H17NO3. The number of hydrogen-bond donors (Lipinski definition) is 0. The maximum atomic E-state index is 11.8. The summed E-state index contributed by atoms with van der Waals surface area (Å²) in [6.45, 7) is 0. The standard InChI is InChI=1S/C16H17NO3/c1-19-13-8-6-11(7-9-13)10-14-16(18)20-15(17-14)12-4-2-3-5-12/h6-10,12H,2-5H2,1H3/b14-10+. The van der Waals surface area contributed by atoms with Crippen molar-refractivity contribution >= 4 is 17.9 Å². The van der Waals surface area contributed by atoms with Gasteiger partial charge in [0.15, 0.2) is 5.70 Å². The van der Waals surface area contributed by atoms with Crippen molar-refractivity contribution in [3.8, 4) is 5.75 Å². The van der Waals surface area contributed by atoms with E-state index in [2.05, 4.69) is 4.99 Å². The molecule has 0 saturated heterocycles.